The van der Waals surface area contributed by atoms with Crippen LogP contribution in [0.25, 0.3) is 0 Å². The molecule has 0 radical (unpaired) electrons. The topological polar surface area (TPSA) is 46.3 Å². The fourth-order valence-corrected chi connectivity index (χ4v) is 1.23. The van der Waals surface area contributed by atoms with Crippen molar-refractivity contribution in [2.24, 2.45) is 17.6 Å². The van der Waals surface area contributed by atoms with Crippen LogP contribution >= 0.6 is 0 Å². The Bertz CT molecular complexity index is 180. The molecule has 0 heterocycles. The SMILES string of the molecule is CCC(C)CN(C)C(=O)C(N)C(C)C. The molecule has 2 N–H and O–H groups in total. The zero-order valence-electron chi connectivity index (χ0n) is 10.1. The van der Waals surface area contributed by atoms with Gasteiger partial charge in [0.15, 0.2) is 0 Å². The largest absolute Gasteiger partial charge is 0.344 e. The van der Waals surface area contributed by atoms with Gasteiger partial charge in [0.1, 0.15) is 0 Å². The normalized spacial score (nSPS) is 15.4. The Morgan fingerprint density at radius 1 is 1.36 bits per heavy atom. The summed E-state index contributed by atoms with van der Waals surface area (Å²) >= 11 is 0. The van der Waals surface area contributed by atoms with Gasteiger partial charge in [0, 0.05) is 13.6 Å². The van der Waals surface area contributed by atoms with Crippen LogP contribution in [0.1, 0.15) is 34.1 Å². The van der Waals surface area contributed by atoms with E-state index >= 15 is 0 Å². The van der Waals surface area contributed by atoms with Crippen molar-refractivity contribution in [3.63, 3.8) is 0 Å². The van der Waals surface area contributed by atoms with Gasteiger partial charge >= 0.3 is 0 Å². The van der Waals surface area contributed by atoms with E-state index in [1.165, 1.54) is 0 Å². The number of amides is 1. The highest BCUT2D eigenvalue weighted by Crippen LogP contribution is 2.06. The molecule has 14 heavy (non-hydrogen) atoms. The van der Waals surface area contributed by atoms with Crippen LogP contribution in [0.3, 0.4) is 0 Å². The smallest absolute Gasteiger partial charge is 0.239 e. The van der Waals surface area contributed by atoms with Crippen molar-refractivity contribution in [3.8, 4) is 0 Å². The number of hydrogen-bond donors (Lipinski definition) is 1. The number of nitrogens with zero attached hydrogens (tertiary/aromatic N) is 1. The predicted octanol–water partition coefficient (Wildman–Crippen LogP) is 1.47. The molecule has 0 aliphatic rings. The quantitative estimate of drug-likeness (QED) is 0.730. The second-order valence-corrected chi connectivity index (χ2v) is 4.50. The Balaban J connectivity index is 4.11. The highest BCUT2D eigenvalue weighted by atomic mass is 16.2. The summed E-state index contributed by atoms with van der Waals surface area (Å²) in [6.45, 7) is 9.02. The van der Waals surface area contributed by atoms with Gasteiger partial charge in [-0.1, -0.05) is 34.1 Å². The minimum atomic E-state index is -0.357. The van der Waals surface area contributed by atoms with Crippen molar-refractivity contribution in [2.45, 2.75) is 40.2 Å². The maximum absolute atomic E-state index is 11.7. The number of likely N-dealkylation sites (N-methyl/N-ethyl adjacent to an activating group) is 1. The average molecular weight is 200 g/mol. The van der Waals surface area contributed by atoms with Gasteiger partial charge in [0.05, 0.1) is 6.04 Å². The van der Waals surface area contributed by atoms with Crippen LogP contribution < -0.4 is 5.73 Å². The Hall–Kier alpha value is -0.570. The molecule has 0 bridgehead atoms. The molecule has 0 aliphatic carbocycles. The maximum atomic E-state index is 11.7. The summed E-state index contributed by atoms with van der Waals surface area (Å²) in [5.74, 6) is 0.811. The third-order valence-corrected chi connectivity index (χ3v) is 2.66. The van der Waals surface area contributed by atoms with E-state index in [4.69, 9.17) is 5.73 Å². The first kappa shape index (κ1) is 13.4. The molecular weight excluding hydrogens is 176 g/mol. The molecule has 0 aromatic carbocycles. The first-order chi connectivity index (χ1) is 6.40. The van der Waals surface area contributed by atoms with Crippen LogP contribution in [0.4, 0.5) is 0 Å². The first-order valence-electron chi connectivity index (χ1n) is 5.40. The van der Waals surface area contributed by atoms with Gasteiger partial charge < -0.3 is 10.6 Å². The van der Waals surface area contributed by atoms with E-state index in [1.807, 2.05) is 20.9 Å². The summed E-state index contributed by atoms with van der Waals surface area (Å²) in [5.41, 5.74) is 5.79. The first-order valence-corrected chi connectivity index (χ1v) is 5.40. The van der Waals surface area contributed by atoms with Crippen LogP contribution in [-0.2, 0) is 4.79 Å². The zero-order chi connectivity index (χ0) is 11.3. The van der Waals surface area contributed by atoms with Crippen LogP contribution in [0.15, 0.2) is 0 Å². The molecule has 84 valence electrons. The van der Waals surface area contributed by atoms with Crippen LogP contribution in [0.2, 0.25) is 0 Å². The maximum Gasteiger partial charge on any atom is 0.239 e. The second-order valence-electron chi connectivity index (χ2n) is 4.50. The van der Waals surface area contributed by atoms with E-state index in [9.17, 15) is 4.79 Å². The lowest BCUT2D eigenvalue weighted by Gasteiger charge is -2.25. The summed E-state index contributed by atoms with van der Waals surface area (Å²) in [5, 5.41) is 0. The van der Waals surface area contributed by atoms with E-state index < -0.39 is 0 Å². The summed E-state index contributed by atoms with van der Waals surface area (Å²) in [7, 11) is 1.83. The Morgan fingerprint density at radius 3 is 2.21 bits per heavy atom. The molecule has 0 spiro atoms. The molecule has 0 fully saturated rings. The summed E-state index contributed by atoms with van der Waals surface area (Å²) < 4.78 is 0. The standard InChI is InChI=1S/C11H24N2O/c1-6-9(4)7-13(5)11(14)10(12)8(2)3/h8-10H,6-7,12H2,1-5H3. The van der Waals surface area contributed by atoms with Crippen LogP contribution in [0, 0.1) is 11.8 Å². The molecule has 0 aromatic heterocycles. The fraction of sp³-hybridized carbons (Fsp3) is 0.909. The van der Waals surface area contributed by atoms with Crippen molar-refractivity contribution >= 4 is 5.91 Å². The van der Waals surface area contributed by atoms with E-state index in [-0.39, 0.29) is 17.9 Å². The van der Waals surface area contributed by atoms with Gasteiger partial charge in [-0.3, -0.25) is 4.79 Å². The molecule has 2 unspecified atom stereocenters. The molecule has 0 aromatic rings. The van der Waals surface area contributed by atoms with Crippen molar-refractivity contribution in [1.82, 2.24) is 4.90 Å². The Labute approximate surface area is 87.6 Å². The van der Waals surface area contributed by atoms with Crippen molar-refractivity contribution in [3.05, 3.63) is 0 Å². The minimum absolute atomic E-state index is 0.0558. The van der Waals surface area contributed by atoms with Gasteiger partial charge in [-0.15, -0.1) is 0 Å². The third kappa shape index (κ3) is 4.09. The Kier molecular flexibility index (Phi) is 5.77. The van der Waals surface area contributed by atoms with Crippen molar-refractivity contribution in [2.75, 3.05) is 13.6 Å². The van der Waals surface area contributed by atoms with E-state index in [1.54, 1.807) is 4.90 Å². The highest BCUT2D eigenvalue weighted by Gasteiger charge is 2.21. The summed E-state index contributed by atoms with van der Waals surface area (Å²) in [6, 6.07) is -0.357. The third-order valence-electron chi connectivity index (χ3n) is 2.66. The molecule has 2 atom stereocenters. The Morgan fingerprint density at radius 2 is 1.86 bits per heavy atom. The highest BCUT2D eigenvalue weighted by molar-refractivity contribution is 5.81. The number of carbonyl (C=O) groups excluding carboxylic acids is 1. The van der Waals surface area contributed by atoms with Gasteiger partial charge in [0.25, 0.3) is 0 Å². The molecule has 1 amide bonds. The molecular formula is C11H24N2O. The van der Waals surface area contributed by atoms with Gasteiger partial charge in [-0.05, 0) is 11.8 Å². The summed E-state index contributed by atoms with van der Waals surface area (Å²) in [6.07, 6.45) is 1.09. The molecule has 0 rings (SSSR count). The average Bonchev–Trinajstić information content (AvgIpc) is 2.14. The molecule has 0 saturated carbocycles. The predicted molar refractivity (Wildman–Crippen MR) is 59.9 cm³/mol. The van der Waals surface area contributed by atoms with Crippen molar-refractivity contribution in [1.29, 1.82) is 0 Å². The van der Waals surface area contributed by atoms with Gasteiger partial charge in [-0.25, -0.2) is 0 Å². The van der Waals surface area contributed by atoms with Crippen LogP contribution in [0.5, 0.6) is 0 Å². The molecule has 3 heteroatoms. The number of carbonyl (C=O) groups is 1. The summed E-state index contributed by atoms with van der Waals surface area (Å²) in [4.78, 5) is 13.5. The minimum Gasteiger partial charge on any atom is -0.344 e. The lowest BCUT2D eigenvalue weighted by atomic mass is 10.0. The van der Waals surface area contributed by atoms with Crippen LogP contribution in [-0.4, -0.2) is 30.4 Å². The lowest BCUT2D eigenvalue weighted by Crippen LogP contribution is -2.46. The van der Waals surface area contributed by atoms with Gasteiger partial charge in [0.2, 0.25) is 5.91 Å². The fourth-order valence-electron chi connectivity index (χ4n) is 1.23. The monoisotopic (exact) mass is 200 g/mol. The van der Waals surface area contributed by atoms with E-state index in [2.05, 4.69) is 13.8 Å². The molecule has 0 saturated heterocycles. The number of rotatable bonds is 5. The number of hydrogen-bond acceptors (Lipinski definition) is 2. The number of nitrogens with two attached hydrogens (primary N) is 1. The molecule has 3 nitrogen and oxygen atoms in total. The van der Waals surface area contributed by atoms with E-state index in [0.29, 0.717) is 5.92 Å². The van der Waals surface area contributed by atoms with Gasteiger partial charge in [-0.2, -0.15) is 0 Å². The zero-order valence-corrected chi connectivity index (χ0v) is 10.1. The van der Waals surface area contributed by atoms with E-state index in [0.717, 1.165) is 13.0 Å². The second kappa shape index (κ2) is 6.02. The van der Waals surface area contributed by atoms with Crippen molar-refractivity contribution < 1.29 is 4.79 Å². The lowest BCUT2D eigenvalue weighted by molar-refractivity contribution is -0.132. The molecule has 0 aliphatic heterocycles.